The Balaban J connectivity index is 2.22. The number of nitrogens with zero attached hydrogens (tertiary/aromatic N) is 2. The minimum Gasteiger partial charge on any atom is -0.491 e. The summed E-state index contributed by atoms with van der Waals surface area (Å²) in [6.45, 7) is 4.04. The number of carbonyl (C=O) groups excluding carboxylic acids is 1. The van der Waals surface area contributed by atoms with Crippen LogP contribution in [0.15, 0.2) is 65.1 Å². The first-order chi connectivity index (χ1) is 11.5. The summed E-state index contributed by atoms with van der Waals surface area (Å²) in [5.74, 6) is 0.928. The highest BCUT2D eigenvalue weighted by atomic mass is 16.5. The summed E-state index contributed by atoms with van der Waals surface area (Å²) >= 11 is 0. The molecule has 0 atom stereocenters. The van der Waals surface area contributed by atoms with E-state index in [2.05, 4.69) is 11.6 Å². The molecule has 0 spiro atoms. The lowest BCUT2D eigenvalue weighted by Gasteiger charge is -2.26. The van der Waals surface area contributed by atoms with E-state index in [-0.39, 0.29) is 13.2 Å². The first kappa shape index (κ1) is 17.3. The molecule has 1 aliphatic heterocycles. The van der Waals surface area contributed by atoms with Crippen LogP contribution < -0.4 is 15.2 Å². The van der Waals surface area contributed by atoms with E-state index in [1.54, 1.807) is 42.3 Å². The Morgan fingerprint density at radius 2 is 2.00 bits per heavy atom. The highest BCUT2D eigenvalue weighted by Crippen LogP contribution is 2.25. The fourth-order valence-electron chi connectivity index (χ4n) is 1.99. The summed E-state index contributed by atoms with van der Waals surface area (Å²) in [6, 6.07) is 6.85. The normalized spacial score (nSPS) is 14.4. The number of rotatable bonds is 7. The van der Waals surface area contributed by atoms with E-state index in [0.717, 1.165) is 0 Å². The molecule has 0 radical (unpaired) electrons. The van der Waals surface area contributed by atoms with E-state index in [0.29, 0.717) is 28.7 Å². The number of allylic oxidation sites excluding steroid dienone is 1. The van der Waals surface area contributed by atoms with Crippen LogP contribution in [0.3, 0.4) is 0 Å². The average Bonchev–Trinajstić information content (AvgIpc) is 2.57. The molecule has 1 aromatic rings. The van der Waals surface area contributed by atoms with Gasteiger partial charge in [0, 0.05) is 24.4 Å². The van der Waals surface area contributed by atoms with Gasteiger partial charge >= 0.3 is 0 Å². The number of nitrogens with two attached hydrogens (primary N) is 1. The van der Waals surface area contributed by atoms with Crippen molar-refractivity contribution in [2.75, 3.05) is 20.3 Å². The lowest BCUT2D eigenvalue weighted by atomic mass is 10.1. The van der Waals surface area contributed by atoms with Gasteiger partial charge in [-0.15, -0.1) is 0 Å². The third kappa shape index (κ3) is 4.23. The maximum atomic E-state index is 11.4. The van der Waals surface area contributed by atoms with Crippen LogP contribution in [0, 0.1) is 0 Å². The van der Waals surface area contributed by atoms with Gasteiger partial charge in [0.15, 0.2) is 0 Å². The van der Waals surface area contributed by atoms with E-state index in [1.807, 2.05) is 0 Å². The van der Waals surface area contributed by atoms with Crippen molar-refractivity contribution in [1.82, 2.24) is 4.90 Å². The fourth-order valence-corrected chi connectivity index (χ4v) is 1.99. The standard InChI is InChI=1S/C17H19N3O4/c1-12-9-13(17(18)22)10-16(20(12)11-19-2)24-15-5-3-14(4-6-15)23-8-7-21/h3-6,9-11,21H,1,7-8H2,2H3,(H2,18,22). The molecule has 0 saturated carbocycles. The van der Waals surface area contributed by atoms with E-state index in [1.165, 1.54) is 12.4 Å². The summed E-state index contributed by atoms with van der Waals surface area (Å²) in [7, 11) is 1.62. The van der Waals surface area contributed by atoms with Crippen molar-refractivity contribution in [3.63, 3.8) is 0 Å². The molecule has 0 aromatic heterocycles. The van der Waals surface area contributed by atoms with Gasteiger partial charge in [0.25, 0.3) is 0 Å². The van der Waals surface area contributed by atoms with Crippen LogP contribution in [0.2, 0.25) is 0 Å². The highest BCUT2D eigenvalue weighted by Gasteiger charge is 2.20. The molecular formula is C17H19N3O4. The monoisotopic (exact) mass is 329 g/mol. The Morgan fingerprint density at radius 1 is 1.33 bits per heavy atom. The van der Waals surface area contributed by atoms with E-state index in [4.69, 9.17) is 20.3 Å². The summed E-state index contributed by atoms with van der Waals surface area (Å²) in [5, 5.41) is 8.75. The molecule has 1 heterocycles. The number of aliphatic hydroxyl groups excluding tert-OH is 1. The zero-order chi connectivity index (χ0) is 17.5. The van der Waals surface area contributed by atoms with Crippen molar-refractivity contribution in [1.29, 1.82) is 0 Å². The second kappa shape index (κ2) is 7.98. The zero-order valence-electron chi connectivity index (χ0n) is 13.3. The van der Waals surface area contributed by atoms with Gasteiger partial charge < -0.3 is 20.3 Å². The number of carbonyl (C=O) groups is 1. The van der Waals surface area contributed by atoms with Crippen LogP contribution in [0.25, 0.3) is 0 Å². The fraction of sp³-hybridized carbons (Fsp3) is 0.176. The smallest absolute Gasteiger partial charge is 0.248 e. The molecule has 7 nitrogen and oxygen atoms in total. The maximum Gasteiger partial charge on any atom is 0.248 e. The van der Waals surface area contributed by atoms with Gasteiger partial charge in [0.2, 0.25) is 11.8 Å². The van der Waals surface area contributed by atoms with Crippen LogP contribution in [0.1, 0.15) is 0 Å². The second-order valence-electron chi connectivity index (χ2n) is 4.83. The number of hydrogen-bond donors (Lipinski definition) is 2. The minimum absolute atomic E-state index is 0.0548. The number of amides is 1. The van der Waals surface area contributed by atoms with Crippen LogP contribution in [-0.4, -0.2) is 42.5 Å². The van der Waals surface area contributed by atoms with Gasteiger partial charge in [0.1, 0.15) is 18.1 Å². The molecule has 1 amide bonds. The third-order valence-electron chi connectivity index (χ3n) is 3.07. The molecule has 1 aliphatic rings. The van der Waals surface area contributed by atoms with E-state index in [9.17, 15) is 4.79 Å². The van der Waals surface area contributed by atoms with Gasteiger partial charge in [-0.2, -0.15) is 0 Å². The predicted octanol–water partition coefficient (Wildman–Crippen LogP) is 1.18. The first-order valence-electron chi connectivity index (χ1n) is 7.20. The number of hydrogen-bond acceptors (Lipinski definition) is 5. The Labute approximate surface area is 140 Å². The highest BCUT2D eigenvalue weighted by molar-refractivity contribution is 5.96. The van der Waals surface area contributed by atoms with Gasteiger partial charge in [-0.05, 0) is 30.3 Å². The Hall–Kier alpha value is -3.06. The molecule has 0 saturated heterocycles. The van der Waals surface area contributed by atoms with Crippen molar-refractivity contribution >= 4 is 12.2 Å². The van der Waals surface area contributed by atoms with Crippen LogP contribution in [0.4, 0.5) is 0 Å². The number of benzene rings is 1. The van der Waals surface area contributed by atoms with Crippen molar-refractivity contribution in [3.8, 4) is 11.5 Å². The average molecular weight is 329 g/mol. The molecule has 0 aliphatic carbocycles. The number of primary amides is 1. The van der Waals surface area contributed by atoms with Crippen molar-refractivity contribution in [2.45, 2.75) is 0 Å². The SMILES string of the molecule is C=C1C=C(C(N)=O)C=C(Oc2ccc(OCCO)cc2)N1C=NC. The second-order valence-corrected chi connectivity index (χ2v) is 4.83. The number of ether oxygens (including phenoxy) is 2. The largest absolute Gasteiger partial charge is 0.491 e. The molecular weight excluding hydrogens is 310 g/mol. The minimum atomic E-state index is -0.571. The molecule has 1 aromatic carbocycles. The molecule has 2 rings (SSSR count). The molecule has 0 bridgehead atoms. The topological polar surface area (TPSA) is 97.4 Å². The van der Waals surface area contributed by atoms with Gasteiger partial charge in [-0.1, -0.05) is 6.58 Å². The molecule has 24 heavy (non-hydrogen) atoms. The first-order valence-corrected chi connectivity index (χ1v) is 7.20. The van der Waals surface area contributed by atoms with Gasteiger partial charge in [-0.3, -0.25) is 14.7 Å². The van der Waals surface area contributed by atoms with Crippen LogP contribution in [0.5, 0.6) is 11.5 Å². The van der Waals surface area contributed by atoms with Crippen molar-refractivity contribution in [3.05, 3.63) is 60.1 Å². The Morgan fingerprint density at radius 3 is 2.58 bits per heavy atom. The number of aliphatic hydroxyl groups is 1. The molecule has 0 fully saturated rings. The van der Waals surface area contributed by atoms with Gasteiger partial charge in [-0.25, -0.2) is 0 Å². The number of aliphatic imine (C=N–C) groups is 1. The third-order valence-corrected chi connectivity index (χ3v) is 3.07. The van der Waals surface area contributed by atoms with E-state index < -0.39 is 5.91 Å². The molecule has 0 unspecified atom stereocenters. The van der Waals surface area contributed by atoms with Crippen LogP contribution in [-0.2, 0) is 4.79 Å². The molecule has 7 heteroatoms. The maximum absolute atomic E-state index is 11.4. The van der Waals surface area contributed by atoms with Crippen LogP contribution >= 0.6 is 0 Å². The Kier molecular flexibility index (Phi) is 5.75. The summed E-state index contributed by atoms with van der Waals surface area (Å²) in [4.78, 5) is 17.0. The van der Waals surface area contributed by atoms with Crippen molar-refractivity contribution < 1.29 is 19.4 Å². The lowest BCUT2D eigenvalue weighted by molar-refractivity contribution is -0.114. The Bertz CT molecular complexity index is 705. The summed E-state index contributed by atoms with van der Waals surface area (Å²) in [5.41, 5.74) is 6.13. The quantitative estimate of drug-likeness (QED) is 0.578. The zero-order valence-corrected chi connectivity index (χ0v) is 13.3. The summed E-state index contributed by atoms with van der Waals surface area (Å²) in [6.07, 6.45) is 4.61. The van der Waals surface area contributed by atoms with Gasteiger partial charge in [0.05, 0.1) is 12.9 Å². The summed E-state index contributed by atoms with van der Waals surface area (Å²) < 4.78 is 11.1. The van der Waals surface area contributed by atoms with Crippen molar-refractivity contribution in [2.24, 2.45) is 10.7 Å². The predicted molar refractivity (Wildman–Crippen MR) is 90.4 cm³/mol. The molecule has 126 valence electrons. The lowest BCUT2D eigenvalue weighted by Crippen LogP contribution is -2.28. The molecule has 3 N–H and O–H groups in total. The van der Waals surface area contributed by atoms with E-state index >= 15 is 0 Å².